The third-order valence-electron chi connectivity index (χ3n) is 3.98. The molecule has 1 aromatic heterocycles. The zero-order valence-electron chi connectivity index (χ0n) is 15.8. The summed E-state index contributed by atoms with van der Waals surface area (Å²) < 4.78 is 7.74. The summed E-state index contributed by atoms with van der Waals surface area (Å²) >= 11 is 1.48. The summed E-state index contributed by atoms with van der Waals surface area (Å²) in [4.78, 5) is 28.9. The van der Waals surface area contributed by atoms with E-state index in [0.29, 0.717) is 17.3 Å². The van der Waals surface area contributed by atoms with Gasteiger partial charge in [0.15, 0.2) is 4.80 Å². The highest BCUT2D eigenvalue weighted by molar-refractivity contribution is 7.16. The number of thiazole rings is 1. The second kappa shape index (κ2) is 7.52. The molecule has 25 heavy (non-hydrogen) atoms. The first-order valence-electron chi connectivity index (χ1n) is 8.42. The molecule has 0 aliphatic rings. The van der Waals surface area contributed by atoms with Crippen LogP contribution in [0.4, 0.5) is 0 Å². The Labute approximate surface area is 152 Å². The number of rotatable bonds is 4. The van der Waals surface area contributed by atoms with Crippen molar-refractivity contribution in [1.82, 2.24) is 4.57 Å². The number of ether oxygens (including phenoxy) is 1. The van der Waals surface area contributed by atoms with Gasteiger partial charge in [0.1, 0.15) is 0 Å². The molecule has 1 amide bonds. The summed E-state index contributed by atoms with van der Waals surface area (Å²) in [5.41, 5.74) is 1.68. The van der Waals surface area contributed by atoms with Gasteiger partial charge >= 0.3 is 5.97 Å². The average Bonchev–Trinajstić information content (AvgIpc) is 2.87. The van der Waals surface area contributed by atoms with E-state index in [4.69, 9.17) is 4.74 Å². The lowest BCUT2D eigenvalue weighted by molar-refractivity contribution is -0.140. The Morgan fingerprint density at radius 2 is 1.96 bits per heavy atom. The molecule has 0 saturated carbocycles. The number of amides is 1. The molecule has 136 valence electrons. The maximum atomic E-state index is 12.4. The normalized spacial score (nSPS) is 12.8. The SMILES string of the molecule is COC(=O)CCn1c(=NC(=O)C(C)(C)C)sc2cc(C(C)C)ccc21. The first kappa shape index (κ1) is 19.4. The first-order valence-corrected chi connectivity index (χ1v) is 9.24. The smallest absolute Gasteiger partial charge is 0.307 e. The topological polar surface area (TPSA) is 60.7 Å². The zero-order chi connectivity index (χ0) is 18.8. The molecule has 2 rings (SSSR count). The van der Waals surface area contributed by atoms with Crippen LogP contribution in [0.5, 0.6) is 0 Å². The molecule has 5 nitrogen and oxygen atoms in total. The summed E-state index contributed by atoms with van der Waals surface area (Å²) in [6.07, 6.45) is 0.241. The van der Waals surface area contributed by atoms with Gasteiger partial charge in [-0.1, -0.05) is 52.0 Å². The van der Waals surface area contributed by atoms with E-state index in [9.17, 15) is 9.59 Å². The maximum Gasteiger partial charge on any atom is 0.307 e. The molecule has 0 aliphatic carbocycles. The Bertz CT molecular complexity index is 854. The van der Waals surface area contributed by atoms with Crippen molar-refractivity contribution < 1.29 is 14.3 Å². The number of aromatic nitrogens is 1. The minimum atomic E-state index is -0.542. The van der Waals surface area contributed by atoms with E-state index < -0.39 is 5.41 Å². The van der Waals surface area contributed by atoms with Gasteiger partial charge in [-0.3, -0.25) is 9.59 Å². The van der Waals surface area contributed by atoms with Gasteiger partial charge < -0.3 is 9.30 Å². The van der Waals surface area contributed by atoms with E-state index in [2.05, 4.69) is 31.0 Å². The number of hydrogen-bond acceptors (Lipinski definition) is 4. The van der Waals surface area contributed by atoms with E-state index in [0.717, 1.165) is 10.2 Å². The molecular weight excluding hydrogens is 336 g/mol. The third-order valence-corrected chi connectivity index (χ3v) is 5.02. The van der Waals surface area contributed by atoms with E-state index in [1.807, 2.05) is 31.4 Å². The number of esters is 1. The Hall–Kier alpha value is -1.95. The van der Waals surface area contributed by atoms with Crippen LogP contribution < -0.4 is 4.80 Å². The lowest BCUT2D eigenvalue weighted by Crippen LogP contribution is -2.24. The Morgan fingerprint density at radius 1 is 1.28 bits per heavy atom. The number of carbonyl (C=O) groups excluding carboxylic acids is 2. The number of nitrogens with zero attached hydrogens (tertiary/aromatic N) is 2. The lowest BCUT2D eigenvalue weighted by Gasteiger charge is -2.12. The maximum absolute atomic E-state index is 12.4. The fourth-order valence-electron chi connectivity index (χ4n) is 2.31. The van der Waals surface area contributed by atoms with E-state index in [1.54, 1.807) is 0 Å². The van der Waals surface area contributed by atoms with Crippen LogP contribution >= 0.6 is 11.3 Å². The molecular formula is C19H26N2O3S. The largest absolute Gasteiger partial charge is 0.469 e. The van der Waals surface area contributed by atoms with Crippen LogP contribution in [-0.4, -0.2) is 23.6 Å². The van der Waals surface area contributed by atoms with Crippen molar-refractivity contribution in [3.8, 4) is 0 Å². The van der Waals surface area contributed by atoms with Crippen LogP contribution in [0.15, 0.2) is 23.2 Å². The van der Waals surface area contributed by atoms with Gasteiger partial charge in [-0.25, -0.2) is 0 Å². The van der Waals surface area contributed by atoms with Gasteiger partial charge in [0.2, 0.25) is 0 Å². The van der Waals surface area contributed by atoms with Crippen molar-refractivity contribution in [3.05, 3.63) is 28.6 Å². The summed E-state index contributed by atoms with van der Waals surface area (Å²) in [7, 11) is 1.38. The predicted octanol–water partition coefficient (Wildman–Crippen LogP) is 3.86. The summed E-state index contributed by atoms with van der Waals surface area (Å²) in [5.74, 6) is -0.0275. The molecule has 0 radical (unpaired) electrons. The third kappa shape index (κ3) is 4.57. The first-order chi connectivity index (χ1) is 11.6. The van der Waals surface area contributed by atoms with Crippen molar-refractivity contribution in [1.29, 1.82) is 0 Å². The van der Waals surface area contributed by atoms with Crippen LogP contribution in [0.2, 0.25) is 0 Å². The molecule has 2 aromatic rings. The molecule has 0 bridgehead atoms. The van der Waals surface area contributed by atoms with Crippen LogP contribution in [0.25, 0.3) is 10.2 Å². The van der Waals surface area contributed by atoms with Crippen LogP contribution in [0.3, 0.4) is 0 Å². The van der Waals surface area contributed by atoms with Crippen molar-refractivity contribution >= 4 is 33.4 Å². The van der Waals surface area contributed by atoms with Crippen molar-refractivity contribution in [2.45, 2.75) is 53.5 Å². The number of aryl methyl sites for hydroxylation is 1. The van der Waals surface area contributed by atoms with Gasteiger partial charge in [-0.05, 0) is 23.6 Å². The quantitative estimate of drug-likeness (QED) is 0.776. The number of methoxy groups -OCH3 is 1. The van der Waals surface area contributed by atoms with Crippen molar-refractivity contribution in [2.24, 2.45) is 10.4 Å². The minimum Gasteiger partial charge on any atom is -0.469 e. The Morgan fingerprint density at radius 3 is 2.52 bits per heavy atom. The molecule has 0 unspecified atom stereocenters. The van der Waals surface area contributed by atoms with Gasteiger partial charge in [-0.15, -0.1) is 0 Å². The Balaban J connectivity index is 2.59. The number of carbonyl (C=O) groups is 2. The molecule has 0 N–H and O–H groups in total. The molecule has 1 aromatic carbocycles. The van der Waals surface area contributed by atoms with E-state index in [1.165, 1.54) is 24.0 Å². The summed E-state index contributed by atoms with van der Waals surface area (Å²) in [6.45, 7) is 10.3. The molecule has 0 atom stereocenters. The van der Waals surface area contributed by atoms with Gasteiger partial charge in [0, 0.05) is 12.0 Å². The zero-order valence-corrected chi connectivity index (χ0v) is 16.6. The second-order valence-electron chi connectivity index (χ2n) is 7.41. The van der Waals surface area contributed by atoms with Crippen molar-refractivity contribution in [3.63, 3.8) is 0 Å². The molecule has 0 saturated heterocycles. The number of fused-ring (bicyclic) bond motifs is 1. The highest BCUT2D eigenvalue weighted by atomic mass is 32.1. The van der Waals surface area contributed by atoms with Gasteiger partial charge in [-0.2, -0.15) is 4.99 Å². The fourth-order valence-corrected chi connectivity index (χ4v) is 3.41. The highest BCUT2D eigenvalue weighted by Crippen LogP contribution is 2.24. The molecule has 0 fully saturated rings. The van der Waals surface area contributed by atoms with Crippen LogP contribution in [-0.2, 0) is 20.9 Å². The van der Waals surface area contributed by atoms with E-state index in [-0.39, 0.29) is 18.3 Å². The fraction of sp³-hybridized carbons (Fsp3) is 0.526. The summed E-state index contributed by atoms with van der Waals surface area (Å²) in [6, 6.07) is 6.27. The van der Waals surface area contributed by atoms with E-state index >= 15 is 0 Å². The molecule has 0 spiro atoms. The highest BCUT2D eigenvalue weighted by Gasteiger charge is 2.21. The number of hydrogen-bond donors (Lipinski definition) is 0. The average molecular weight is 362 g/mol. The minimum absolute atomic E-state index is 0.171. The lowest BCUT2D eigenvalue weighted by atomic mass is 9.96. The van der Waals surface area contributed by atoms with Crippen LogP contribution in [0, 0.1) is 5.41 Å². The Kier molecular flexibility index (Phi) is 5.83. The monoisotopic (exact) mass is 362 g/mol. The van der Waals surface area contributed by atoms with Gasteiger partial charge in [0.05, 0.1) is 23.7 Å². The predicted molar refractivity (Wildman–Crippen MR) is 101 cm³/mol. The summed E-state index contributed by atoms with van der Waals surface area (Å²) in [5, 5.41) is 0. The second-order valence-corrected chi connectivity index (χ2v) is 8.42. The van der Waals surface area contributed by atoms with Crippen molar-refractivity contribution in [2.75, 3.05) is 7.11 Å². The van der Waals surface area contributed by atoms with Gasteiger partial charge in [0.25, 0.3) is 5.91 Å². The standard InChI is InChI=1S/C19H26N2O3S/c1-12(2)13-7-8-14-15(11-13)25-18(20-17(23)19(3,4)5)21(14)10-9-16(22)24-6/h7-8,11-12H,9-10H2,1-6H3. The number of benzene rings is 1. The van der Waals surface area contributed by atoms with Crippen LogP contribution in [0.1, 0.15) is 52.5 Å². The molecule has 0 aliphatic heterocycles. The molecule has 6 heteroatoms. The molecule has 1 heterocycles.